The van der Waals surface area contributed by atoms with Gasteiger partial charge in [-0.3, -0.25) is 0 Å². The van der Waals surface area contributed by atoms with Gasteiger partial charge in [0.15, 0.2) is 5.54 Å². The van der Waals surface area contributed by atoms with Gasteiger partial charge in [0.1, 0.15) is 0 Å². The molecule has 0 bridgehead atoms. The summed E-state index contributed by atoms with van der Waals surface area (Å²) in [6.45, 7) is 0.950. The topological polar surface area (TPSA) is 87.7 Å². The average Bonchev–Trinajstić information content (AvgIpc) is 2.78. The van der Waals surface area contributed by atoms with Gasteiger partial charge in [-0.15, -0.1) is 0 Å². The van der Waals surface area contributed by atoms with Crippen LogP contribution in [0.4, 0.5) is 4.79 Å². The molecule has 0 saturated carbocycles. The number of ether oxygens (including phenoxy) is 1. The van der Waals surface area contributed by atoms with E-state index in [1.165, 1.54) is 0 Å². The van der Waals surface area contributed by atoms with Crippen molar-refractivity contribution in [1.82, 2.24) is 10.6 Å². The normalized spacial score (nSPS) is 22.7. The van der Waals surface area contributed by atoms with Gasteiger partial charge < -0.3 is 20.5 Å². The lowest BCUT2D eigenvalue weighted by molar-refractivity contribution is -0.144. The highest BCUT2D eigenvalue weighted by Crippen LogP contribution is 2.18. The molecule has 6 nitrogen and oxygen atoms in total. The Hall–Kier alpha value is -0.950. The Bertz CT molecular complexity index is 293. The fourth-order valence-corrected chi connectivity index (χ4v) is 2.21. The number of carbonyl (C=O) groups is 2. The molecule has 1 fully saturated rings. The average molecular weight is 276 g/mol. The fourth-order valence-electron chi connectivity index (χ4n) is 1.72. The van der Waals surface area contributed by atoms with Gasteiger partial charge in [-0.1, -0.05) is 0 Å². The van der Waals surface area contributed by atoms with Gasteiger partial charge >= 0.3 is 12.0 Å². The lowest BCUT2D eigenvalue weighted by atomic mass is 9.99. The number of unbranched alkanes of at least 4 members (excludes halogenated alkanes) is 1. The number of nitrogens with one attached hydrogen (secondary N) is 2. The molecule has 2 amide bonds. The van der Waals surface area contributed by atoms with E-state index in [2.05, 4.69) is 10.6 Å². The van der Waals surface area contributed by atoms with E-state index in [1.807, 2.05) is 6.26 Å². The first-order valence-electron chi connectivity index (χ1n) is 5.97. The summed E-state index contributed by atoms with van der Waals surface area (Å²) < 4.78 is 5.05. The Balaban J connectivity index is 2.27. The Morgan fingerprint density at radius 1 is 1.44 bits per heavy atom. The third-order valence-corrected chi connectivity index (χ3v) is 3.54. The molecule has 1 heterocycles. The van der Waals surface area contributed by atoms with Crippen molar-refractivity contribution >= 4 is 23.8 Å². The van der Waals surface area contributed by atoms with E-state index in [-0.39, 0.29) is 6.61 Å². The number of amides is 2. The minimum Gasteiger partial charge on any atom is -0.479 e. The quantitative estimate of drug-likeness (QED) is 0.595. The van der Waals surface area contributed by atoms with Crippen LogP contribution in [0.25, 0.3) is 0 Å². The van der Waals surface area contributed by atoms with Gasteiger partial charge in [0.2, 0.25) is 0 Å². The molecule has 3 N–H and O–H groups in total. The second kappa shape index (κ2) is 7.48. The van der Waals surface area contributed by atoms with Crippen LogP contribution < -0.4 is 10.6 Å². The van der Waals surface area contributed by atoms with Crippen LogP contribution in [0.5, 0.6) is 0 Å². The summed E-state index contributed by atoms with van der Waals surface area (Å²) in [6.07, 6.45) is 4.28. The minimum atomic E-state index is -1.26. The largest absolute Gasteiger partial charge is 0.479 e. The zero-order valence-electron chi connectivity index (χ0n) is 10.5. The lowest BCUT2D eigenvalue weighted by Gasteiger charge is -2.23. The van der Waals surface area contributed by atoms with Crippen LogP contribution in [0, 0.1) is 0 Å². The molecule has 18 heavy (non-hydrogen) atoms. The van der Waals surface area contributed by atoms with Gasteiger partial charge in [-0.2, -0.15) is 11.8 Å². The van der Waals surface area contributed by atoms with E-state index in [4.69, 9.17) is 9.84 Å². The minimum absolute atomic E-state index is 0.0300. The van der Waals surface area contributed by atoms with Gasteiger partial charge in [-0.05, 0) is 24.9 Å². The number of hydrogen-bond donors (Lipinski definition) is 3. The molecule has 1 atom stereocenters. The van der Waals surface area contributed by atoms with E-state index in [9.17, 15) is 9.59 Å². The van der Waals surface area contributed by atoms with Gasteiger partial charge in [-0.25, -0.2) is 9.59 Å². The second-order valence-corrected chi connectivity index (χ2v) is 5.26. The van der Waals surface area contributed by atoms with E-state index in [1.54, 1.807) is 11.8 Å². The summed E-state index contributed by atoms with van der Waals surface area (Å²) in [7, 11) is 0. The molecule has 1 saturated heterocycles. The smallest absolute Gasteiger partial charge is 0.332 e. The van der Waals surface area contributed by atoms with Crippen molar-refractivity contribution in [3.05, 3.63) is 0 Å². The molecule has 0 aliphatic carbocycles. The number of rotatable bonds is 7. The van der Waals surface area contributed by atoms with Gasteiger partial charge in [0, 0.05) is 19.6 Å². The summed E-state index contributed by atoms with van der Waals surface area (Å²) in [6, 6.07) is -0.438. The Morgan fingerprint density at radius 2 is 2.22 bits per heavy atom. The molecule has 7 heteroatoms. The molecular formula is C11H20N2O4S. The highest BCUT2D eigenvalue weighted by molar-refractivity contribution is 7.98. The molecule has 0 aromatic heterocycles. The second-order valence-electron chi connectivity index (χ2n) is 4.27. The number of carbonyl (C=O) groups excluding carboxylic acids is 1. The first kappa shape index (κ1) is 15.1. The number of aliphatic carboxylic acids is 1. The highest BCUT2D eigenvalue weighted by atomic mass is 32.2. The molecular weight excluding hydrogens is 256 g/mol. The Labute approximate surface area is 111 Å². The van der Waals surface area contributed by atoms with Gasteiger partial charge in [0.05, 0.1) is 6.61 Å². The number of thioether (sulfide) groups is 1. The summed E-state index contributed by atoms with van der Waals surface area (Å²) in [5, 5.41) is 14.3. The van der Waals surface area contributed by atoms with Crippen molar-refractivity contribution in [2.75, 3.05) is 31.8 Å². The number of carboxylic acids is 1. The molecule has 1 rings (SSSR count). The number of urea groups is 1. The van der Waals surface area contributed by atoms with Crippen molar-refractivity contribution in [1.29, 1.82) is 0 Å². The van der Waals surface area contributed by atoms with Crippen LogP contribution in [-0.2, 0) is 9.53 Å². The molecule has 0 spiro atoms. The van der Waals surface area contributed by atoms with Crippen LogP contribution >= 0.6 is 11.8 Å². The summed E-state index contributed by atoms with van der Waals surface area (Å²) in [4.78, 5) is 22.7. The SMILES string of the molecule is CSCCCCNC(=O)NC1(C(=O)O)CCOC1. The third kappa shape index (κ3) is 4.38. The number of hydrogen-bond acceptors (Lipinski definition) is 4. The van der Waals surface area contributed by atoms with Crippen LogP contribution in [0.2, 0.25) is 0 Å². The molecule has 0 aromatic rings. The first-order valence-corrected chi connectivity index (χ1v) is 7.36. The Kier molecular flexibility index (Phi) is 6.28. The monoisotopic (exact) mass is 276 g/mol. The van der Waals surface area contributed by atoms with E-state index >= 15 is 0 Å². The van der Waals surface area contributed by atoms with Crippen molar-refractivity contribution < 1.29 is 19.4 Å². The van der Waals surface area contributed by atoms with Crippen molar-refractivity contribution in [2.24, 2.45) is 0 Å². The summed E-state index contributed by atoms with van der Waals surface area (Å²) in [5.41, 5.74) is -1.26. The molecule has 104 valence electrons. The van der Waals surface area contributed by atoms with Crippen LogP contribution in [0.15, 0.2) is 0 Å². The fraction of sp³-hybridized carbons (Fsp3) is 0.818. The van der Waals surface area contributed by atoms with Crippen LogP contribution in [-0.4, -0.2) is 54.4 Å². The maximum atomic E-state index is 11.6. The summed E-state index contributed by atoms with van der Waals surface area (Å²) in [5.74, 6) is 0.0217. The van der Waals surface area contributed by atoms with E-state index in [0.717, 1.165) is 18.6 Å². The Morgan fingerprint density at radius 3 is 2.78 bits per heavy atom. The molecule has 1 aliphatic rings. The van der Waals surface area contributed by atoms with E-state index < -0.39 is 17.5 Å². The van der Waals surface area contributed by atoms with Crippen LogP contribution in [0.1, 0.15) is 19.3 Å². The van der Waals surface area contributed by atoms with Crippen molar-refractivity contribution in [3.63, 3.8) is 0 Å². The first-order chi connectivity index (χ1) is 8.60. The van der Waals surface area contributed by atoms with Gasteiger partial charge in [0.25, 0.3) is 0 Å². The van der Waals surface area contributed by atoms with Crippen LogP contribution in [0.3, 0.4) is 0 Å². The van der Waals surface area contributed by atoms with Crippen molar-refractivity contribution in [2.45, 2.75) is 24.8 Å². The predicted octanol–water partition coefficient (Wildman–Crippen LogP) is 0.672. The maximum Gasteiger partial charge on any atom is 0.332 e. The molecule has 1 unspecified atom stereocenters. The maximum absolute atomic E-state index is 11.6. The predicted molar refractivity (Wildman–Crippen MR) is 70.0 cm³/mol. The molecule has 0 radical (unpaired) electrons. The highest BCUT2D eigenvalue weighted by Gasteiger charge is 2.43. The lowest BCUT2D eigenvalue weighted by Crippen LogP contribution is -2.57. The molecule has 1 aliphatic heterocycles. The zero-order chi connectivity index (χ0) is 13.4. The standard InChI is InChI=1S/C11H20N2O4S/c1-18-7-3-2-5-12-10(16)13-11(9(14)15)4-6-17-8-11/h2-8H2,1H3,(H,14,15)(H2,12,13,16). The molecule has 0 aromatic carbocycles. The van der Waals surface area contributed by atoms with Crippen molar-refractivity contribution in [3.8, 4) is 0 Å². The number of carboxylic acid groups (broad SMARTS) is 1. The zero-order valence-corrected chi connectivity index (χ0v) is 11.3. The van der Waals surface area contributed by atoms with E-state index in [0.29, 0.717) is 19.6 Å². The summed E-state index contributed by atoms with van der Waals surface area (Å²) >= 11 is 1.77. The third-order valence-electron chi connectivity index (χ3n) is 2.84.